The smallest absolute Gasteiger partial charge is 0.0576 e. The molecule has 2 nitrogen and oxygen atoms in total. The minimum absolute atomic E-state index is 0.222. The Morgan fingerprint density at radius 2 is 2.00 bits per heavy atom. The summed E-state index contributed by atoms with van der Waals surface area (Å²) in [6.45, 7) is 0.963. The van der Waals surface area contributed by atoms with Crippen molar-refractivity contribution in [3.63, 3.8) is 0 Å². The zero-order chi connectivity index (χ0) is 13.1. The molecule has 1 fully saturated rings. The number of benzene rings is 1. The van der Waals surface area contributed by atoms with E-state index in [1.54, 1.807) is 0 Å². The number of rotatable bonds is 3. The van der Waals surface area contributed by atoms with E-state index in [1.807, 2.05) is 0 Å². The summed E-state index contributed by atoms with van der Waals surface area (Å²) in [5.74, 6) is 0.632. The first-order chi connectivity index (χ1) is 9.34. The van der Waals surface area contributed by atoms with Gasteiger partial charge in [0.1, 0.15) is 0 Å². The van der Waals surface area contributed by atoms with E-state index < -0.39 is 0 Å². The molecule has 0 spiro atoms. The van der Waals surface area contributed by atoms with Crippen LogP contribution in [-0.4, -0.2) is 12.7 Å². The van der Waals surface area contributed by atoms with Crippen LogP contribution in [0.1, 0.15) is 55.7 Å². The Labute approximate surface area is 116 Å². The topological polar surface area (TPSA) is 35.2 Å². The molecular weight excluding hydrogens is 234 g/mol. The number of ether oxygens (including phenoxy) is 1. The highest BCUT2D eigenvalue weighted by Crippen LogP contribution is 2.35. The molecule has 1 aromatic carbocycles. The largest absolute Gasteiger partial charge is 0.378 e. The van der Waals surface area contributed by atoms with Crippen LogP contribution in [0.5, 0.6) is 0 Å². The second-order valence-corrected chi connectivity index (χ2v) is 6.09. The third-order valence-electron chi connectivity index (χ3n) is 4.83. The normalized spacial score (nSPS) is 30.9. The minimum Gasteiger partial charge on any atom is -0.378 e. The van der Waals surface area contributed by atoms with Crippen molar-refractivity contribution in [2.45, 2.75) is 57.1 Å². The lowest BCUT2D eigenvalue weighted by Gasteiger charge is -2.24. The van der Waals surface area contributed by atoms with Crippen LogP contribution in [0.3, 0.4) is 0 Å². The van der Waals surface area contributed by atoms with Gasteiger partial charge in [0.2, 0.25) is 0 Å². The summed E-state index contributed by atoms with van der Waals surface area (Å²) in [5.41, 5.74) is 9.39. The van der Waals surface area contributed by atoms with E-state index in [4.69, 9.17) is 10.5 Å². The van der Waals surface area contributed by atoms with Gasteiger partial charge in [-0.3, -0.25) is 0 Å². The molecule has 3 rings (SSSR count). The van der Waals surface area contributed by atoms with Gasteiger partial charge < -0.3 is 10.5 Å². The zero-order valence-electron chi connectivity index (χ0n) is 11.7. The first-order valence-corrected chi connectivity index (χ1v) is 7.79. The fraction of sp³-hybridized carbons (Fsp3) is 0.647. The van der Waals surface area contributed by atoms with E-state index in [1.165, 1.54) is 56.1 Å². The molecule has 2 aliphatic rings. The summed E-state index contributed by atoms with van der Waals surface area (Å²) < 4.78 is 5.74. The maximum atomic E-state index is 6.53. The minimum atomic E-state index is 0.222. The lowest BCUT2D eigenvalue weighted by atomic mass is 9.87. The predicted octanol–water partition coefficient (Wildman–Crippen LogP) is 3.60. The van der Waals surface area contributed by atoms with Crippen LogP contribution >= 0.6 is 0 Å². The Balaban J connectivity index is 1.65. The van der Waals surface area contributed by atoms with Crippen LogP contribution in [-0.2, 0) is 11.2 Å². The van der Waals surface area contributed by atoms with Crippen LogP contribution in [0.2, 0.25) is 0 Å². The monoisotopic (exact) mass is 259 g/mol. The molecule has 0 amide bonds. The lowest BCUT2D eigenvalue weighted by molar-refractivity contribution is 0.0961. The summed E-state index contributed by atoms with van der Waals surface area (Å²) in [7, 11) is 0. The summed E-state index contributed by atoms with van der Waals surface area (Å²) in [4.78, 5) is 0. The third-order valence-corrected chi connectivity index (χ3v) is 4.83. The summed E-state index contributed by atoms with van der Waals surface area (Å²) >= 11 is 0. The van der Waals surface area contributed by atoms with E-state index in [-0.39, 0.29) is 6.04 Å². The Hall–Kier alpha value is -0.860. The Kier molecular flexibility index (Phi) is 4.19. The number of aryl methyl sites for hydroxylation is 1. The molecule has 104 valence electrons. The number of nitrogens with two attached hydrogens (primary N) is 1. The average Bonchev–Trinajstić information content (AvgIpc) is 2.90. The Morgan fingerprint density at radius 1 is 1.11 bits per heavy atom. The molecule has 1 aliphatic heterocycles. The van der Waals surface area contributed by atoms with Crippen molar-refractivity contribution in [3.05, 3.63) is 35.4 Å². The number of hydrogen-bond acceptors (Lipinski definition) is 2. The third kappa shape index (κ3) is 3.01. The first kappa shape index (κ1) is 13.1. The van der Waals surface area contributed by atoms with E-state index in [0.717, 1.165) is 6.61 Å². The second kappa shape index (κ2) is 6.06. The summed E-state index contributed by atoms with van der Waals surface area (Å²) in [5, 5.41) is 0. The van der Waals surface area contributed by atoms with E-state index >= 15 is 0 Å². The molecule has 1 aromatic rings. The Bertz CT molecular complexity index is 411. The molecule has 0 saturated carbocycles. The van der Waals surface area contributed by atoms with Gasteiger partial charge in [-0.25, -0.2) is 0 Å². The highest BCUT2D eigenvalue weighted by Gasteiger charge is 2.26. The van der Waals surface area contributed by atoms with Gasteiger partial charge in [0.25, 0.3) is 0 Å². The van der Waals surface area contributed by atoms with Crippen molar-refractivity contribution < 1.29 is 4.74 Å². The molecule has 3 unspecified atom stereocenters. The van der Waals surface area contributed by atoms with Crippen molar-refractivity contribution in [1.82, 2.24) is 0 Å². The van der Waals surface area contributed by atoms with Gasteiger partial charge in [-0.2, -0.15) is 0 Å². The van der Waals surface area contributed by atoms with Crippen molar-refractivity contribution in [1.29, 1.82) is 0 Å². The molecule has 0 aromatic heterocycles. The predicted molar refractivity (Wildman–Crippen MR) is 78.0 cm³/mol. The molecule has 2 heteroatoms. The summed E-state index contributed by atoms with van der Waals surface area (Å²) in [6.07, 6.45) is 9.15. The number of hydrogen-bond donors (Lipinski definition) is 1. The van der Waals surface area contributed by atoms with Gasteiger partial charge >= 0.3 is 0 Å². The van der Waals surface area contributed by atoms with Gasteiger partial charge in [0, 0.05) is 12.6 Å². The molecule has 0 bridgehead atoms. The fourth-order valence-electron chi connectivity index (χ4n) is 3.67. The molecular formula is C17H25NO. The van der Waals surface area contributed by atoms with Crippen molar-refractivity contribution in [3.8, 4) is 0 Å². The maximum Gasteiger partial charge on any atom is 0.0576 e. The van der Waals surface area contributed by atoms with Gasteiger partial charge in [-0.15, -0.1) is 0 Å². The van der Waals surface area contributed by atoms with Crippen LogP contribution in [0, 0.1) is 5.92 Å². The standard InChI is InChI=1S/C17H25NO/c18-17-14(10-11-15-8-4-12-19-15)7-3-6-13-5-1-2-9-16(13)17/h1-2,5,9,14-15,17H,3-4,6-8,10-12,18H2. The van der Waals surface area contributed by atoms with Crippen LogP contribution < -0.4 is 5.73 Å². The number of fused-ring (bicyclic) bond motifs is 1. The van der Waals surface area contributed by atoms with Crippen LogP contribution in [0.25, 0.3) is 0 Å². The van der Waals surface area contributed by atoms with Crippen molar-refractivity contribution >= 4 is 0 Å². The molecule has 2 N–H and O–H groups in total. The highest BCUT2D eigenvalue weighted by molar-refractivity contribution is 5.31. The first-order valence-electron chi connectivity index (χ1n) is 7.79. The second-order valence-electron chi connectivity index (χ2n) is 6.09. The zero-order valence-corrected chi connectivity index (χ0v) is 11.7. The SMILES string of the molecule is NC1c2ccccc2CCCC1CCC1CCCO1. The van der Waals surface area contributed by atoms with Crippen LogP contribution in [0.15, 0.2) is 24.3 Å². The van der Waals surface area contributed by atoms with Gasteiger partial charge in [0.05, 0.1) is 6.10 Å². The van der Waals surface area contributed by atoms with Gasteiger partial charge in [0.15, 0.2) is 0 Å². The van der Waals surface area contributed by atoms with E-state index in [9.17, 15) is 0 Å². The van der Waals surface area contributed by atoms with Gasteiger partial charge in [-0.1, -0.05) is 24.3 Å². The average molecular weight is 259 g/mol. The molecule has 3 atom stereocenters. The molecule has 1 aliphatic carbocycles. The maximum absolute atomic E-state index is 6.53. The molecule has 0 radical (unpaired) electrons. The molecule has 1 saturated heterocycles. The van der Waals surface area contributed by atoms with Crippen molar-refractivity contribution in [2.75, 3.05) is 6.61 Å². The molecule has 19 heavy (non-hydrogen) atoms. The van der Waals surface area contributed by atoms with E-state index in [0.29, 0.717) is 12.0 Å². The Morgan fingerprint density at radius 3 is 2.84 bits per heavy atom. The lowest BCUT2D eigenvalue weighted by Crippen LogP contribution is -2.22. The van der Waals surface area contributed by atoms with Gasteiger partial charge in [-0.05, 0) is 62.0 Å². The highest BCUT2D eigenvalue weighted by atomic mass is 16.5. The van der Waals surface area contributed by atoms with E-state index in [2.05, 4.69) is 24.3 Å². The molecule has 1 heterocycles. The summed E-state index contributed by atoms with van der Waals surface area (Å²) in [6, 6.07) is 8.96. The fourth-order valence-corrected chi connectivity index (χ4v) is 3.67. The van der Waals surface area contributed by atoms with Crippen LogP contribution in [0.4, 0.5) is 0 Å². The quantitative estimate of drug-likeness (QED) is 0.842. The van der Waals surface area contributed by atoms with Crippen molar-refractivity contribution in [2.24, 2.45) is 11.7 Å².